The molecule has 0 bridgehead atoms. The molecule has 0 aliphatic carbocycles. The third-order valence-electron chi connectivity index (χ3n) is 4.84. The molecule has 3 N–H and O–H groups in total. The molecule has 3 rings (SSSR count). The van der Waals surface area contributed by atoms with Gasteiger partial charge in [-0.25, -0.2) is 0 Å². The van der Waals surface area contributed by atoms with E-state index in [2.05, 4.69) is 0 Å². The maximum atomic E-state index is 11.7. The predicted octanol–water partition coefficient (Wildman–Crippen LogP) is -3.00. The summed E-state index contributed by atoms with van der Waals surface area (Å²) in [5, 5.41) is 40.9. The number of aliphatic hydroxyl groups excluding tert-OH is 3. The lowest BCUT2D eigenvalue weighted by atomic mass is 9.97. The van der Waals surface area contributed by atoms with E-state index in [9.17, 15) is 30.0 Å². The molecule has 1 aromatic heterocycles. The van der Waals surface area contributed by atoms with Gasteiger partial charge in [0.2, 0.25) is 5.91 Å². The number of aliphatic hydroxyl groups is 3. The number of ether oxygens (including phenoxy) is 1. The maximum absolute atomic E-state index is 11.7. The second-order valence-electron chi connectivity index (χ2n) is 6.38. The first-order valence-corrected chi connectivity index (χ1v) is 7.98. The van der Waals surface area contributed by atoms with E-state index in [0.717, 1.165) is 5.56 Å². The van der Waals surface area contributed by atoms with Crippen molar-refractivity contribution in [3.05, 3.63) is 30.1 Å². The molecular weight excluding hydrogens is 332 g/mol. The second-order valence-corrected chi connectivity index (χ2v) is 6.38. The first kappa shape index (κ1) is 17.7. The van der Waals surface area contributed by atoms with Gasteiger partial charge in [-0.05, 0) is 12.5 Å². The zero-order chi connectivity index (χ0) is 18.3. The van der Waals surface area contributed by atoms with Crippen LogP contribution >= 0.6 is 0 Å². The van der Waals surface area contributed by atoms with Crippen molar-refractivity contribution in [1.82, 2.24) is 4.90 Å². The van der Waals surface area contributed by atoms with Crippen molar-refractivity contribution >= 4 is 11.9 Å². The highest BCUT2D eigenvalue weighted by Crippen LogP contribution is 2.31. The Kier molecular flexibility index (Phi) is 4.74. The van der Waals surface area contributed by atoms with Crippen LogP contribution in [0.2, 0.25) is 0 Å². The molecule has 2 saturated heterocycles. The summed E-state index contributed by atoms with van der Waals surface area (Å²) < 4.78 is 6.67. The second kappa shape index (κ2) is 6.68. The average molecular weight is 352 g/mol. The Morgan fingerprint density at radius 3 is 2.64 bits per heavy atom. The minimum Gasteiger partial charge on any atom is -0.547 e. The van der Waals surface area contributed by atoms with Gasteiger partial charge in [0.15, 0.2) is 18.5 Å². The molecule has 6 atom stereocenters. The average Bonchev–Trinajstić information content (AvgIpc) is 2.92. The number of pyridine rings is 1. The molecule has 3 heterocycles. The molecule has 0 unspecified atom stereocenters. The van der Waals surface area contributed by atoms with Crippen molar-refractivity contribution in [2.24, 2.45) is 0 Å². The molecular formula is C16H20N2O7. The number of carboxylic acids is 1. The highest BCUT2D eigenvalue weighted by Gasteiger charge is 2.49. The summed E-state index contributed by atoms with van der Waals surface area (Å²) in [4.78, 5) is 24.4. The number of carbonyl (C=O) groups excluding carboxylic acids is 2. The Hall–Kier alpha value is -2.07. The topological polar surface area (TPSA) is 134 Å². The van der Waals surface area contributed by atoms with E-state index >= 15 is 0 Å². The molecule has 9 nitrogen and oxygen atoms in total. The monoisotopic (exact) mass is 352 g/mol. The van der Waals surface area contributed by atoms with Gasteiger partial charge in [0.25, 0.3) is 6.23 Å². The van der Waals surface area contributed by atoms with Crippen LogP contribution in [0.1, 0.15) is 30.7 Å². The molecule has 2 fully saturated rings. The Balaban J connectivity index is 1.89. The zero-order valence-corrected chi connectivity index (χ0v) is 13.6. The van der Waals surface area contributed by atoms with Gasteiger partial charge in [-0.2, -0.15) is 4.57 Å². The standard InChI is InChI=1S/C16H20N2O7/c1-17-9(4-5-10(17)19)8-3-2-6-18(7-8)15-13(22)11(20)12(21)14(25-15)16(23)24/h2-3,6-7,9,11-15,20-22H,4-5H2,1H3/t9-,11+,12+,13-,14+,15+/m0/s1. The van der Waals surface area contributed by atoms with Crippen LogP contribution in [-0.4, -0.2) is 63.6 Å². The van der Waals surface area contributed by atoms with Crippen LogP contribution in [-0.2, 0) is 14.3 Å². The summed E-state index contributed by atoms with van der Waals surface area (Å²) in [5.41, 5.74) is 0.789. The number of carbonyl (C=O) groups is 2. The van der Waals surface area contributed by atoms with Crippen molar-refractivity contribution < 1.29 is 39.3 Å². The molecule has 25 heavy (non-hydrogen) atoms. The van der Waals surface area contributed by atoms with Crippen molar-refractivity contribution in [2.75, 3.05) is 7.05 Å². The van der Waals surface area contributed by atoms with E-state index in [4.69, 9.17) is 4.74 Å². The molecule has 2 aliphatic heterocycles. The SMILES string of the molecule is CN1C(=O)CC[C@H]1c1ccc[n+]([C@@H]2O[C@@H](C(=O)[O-])[C@H](O)[C@@H](O)[C@@H]2O)c1. The Morgan fingerprint density at radius 1 is 1.32 bits per heavy atom. The normalized spacial score (nSPS) is 35.8. The molecule has 0 spiro atoms. The Morgan fingerprint density at radius 2 is 2.04 bits per heavy atom. The third-order valence-corrected chi connectivity index (χ3v) is 4.84. The van der Waals surface area contributed by atoms with Gasteiger partial charge in [-0.15, -0.1) is 0 Å². The molecule has 9 heteroatoms. The summed E-state index contributed by atoms with van der Waals surface area (Å²) in [6.07, 6.45) is -3.75. The van der Waals surface area contributed by atoms with E-state index in [1.807, 2.05) is 6.07 Å². The molecule has 0 aromatic carbocycles. The Bertz CT molecular complexity index is 682. The first-order chi connectivity index (χ1) is 11.8. The number of aromatic nitrogens is 1. The number of amides is 1. The van der Waals surface area contributed by atoms with Crippen molar-refractivity contribution in [2.45, 2.75) is 49.5 Å². The summed E-state index contributed by atoms with van der Waals surface area (Å²) in [7, 11) is 1.70. The third kappa shape index (κ3) is 3.11. The summed E-state index contributed by atoms with van der Waals surface area (Å²) in [6, 6.07) is 3.36. The fourth-order valence-corrected chi connectivity index (χ4v) is 3.36. The highest BCUT2D eigenvalue weighted by atomic mass is 16.6. The highest BCUT2D eigenvalue weighted by molar-refractivity contribution is 5.78. The van der Waals surface area contributed by atoms with Gasteiger partial charge in [-0.3, -0.25) is 4.79 Å². The number of carboxylic acid groups (broad SMARTS) is 1. The fourth-order valence-electron chi connectivity index (χ4n) is 3.36. The van der Waals surface area contributed by atoms with Crippen LogP contribution in [0.3, 0.4) is 0 Å². The molecule has 1 aromatic rings. The van der Waals surface area contributed by atoms with Crippen LogP contribution in [0.4, 0.5) is 0 Å². The fraction of sp³-hybridized carbons (Fsp3) is 0.562. The Labute approximate surface area is 143 Å². The van der Waals surface area contributed by atoms with Gasteiger partial charge in [0.1, 0.15) is 18.3 Å². The molecule has 2 aliphatic rings. The smallest absolute Gasteiger partial charge is 0.292 e. The maximum Gasteiger partial charge on any atom is 0.292 e. The molecule has 0 saturated carbocycles. The zero-order valence-electron chi connectivity index (χ0n) is 13.6. The van der Waals surface area contributed by atoms with Crippen LogP contribution in [0, 0.1) is 0 Å². The van der Waals surface area contributed by atoms with Gasteiger partial charge < -0.3 is 34.9 Å². The van der Waals surface area contributed by atoms with Gasteiger partial charge in [0, 0.05) is 25.1 Å². The first-order valence-electron chi connectivity index (χ1n) is 7.98. The van der Waals surface area contributed by atoms with Gasteiger partial charge in [0.05, 0.1) is 12.0 Å². The lowest BCUT2D eigenvalue weighted by Crippen LogP contribution is -2.65. The van der Waals surface area contributed by atoms with Crippen LogP contribution in [0.5, 0.6) is 0 Å². The summed E-state index contributed by atoms with van der Waals surface area (Å²) in [6.45, 7) is 0. The van der Waals surface area contributed by atoms with Crippen LogP contribution in [0.15, 0.2) is 24.5 Å². The number of nitrogens with zero attached hydrogens (tertiary/aromatic N) is 2. The lowest BCUT2D eigenvalue weighted by Gasteiger charge is -2.37. The molecule has 1 amide bonds. The minimum atomic E-state index is -1.79. The van der Waals surface area contributed by atoms with Crippen molar-refractivity contribution in [3.63, 3.8) is 0 Å². The molecule has 136 valence electrons. The predicted molar refractivity (Wildman–Crippen MR) is 78.3 cm³/mol. The number of hydrogen-bond donors (Lipinski definition) is 3. The minimum absolute atomic E-state index is 0.0323. The van der Waals surface area contributed by atoms with E-state index in [1.165, 1.54) is 4.57 Å². The summed E-state index contributed by atoms with van der Waals surface area (Å²) >= 11 is 0. The molecule has 0 radical (unpaired) electrons. The van der Waals surface area contributed by atoms with Crippen LogP contribution in [0.25, 0.3) is 0 Å². The number of rotatable bonds is 3. The number of likely N-dealkylation sites (tertiary alicyclic amines) is 1. The van der Waals surface area contributed by atoms with E-state index < -0.39 is 36.6 Å². The van der Waals surface area contributed by atoms with Crippen LogP contribution < -0.4 is 9.67 Å². The van der Waals surface area contributed by atoms with E-state index in [-0.39, 0.29) is 11.9 Å². The van der Waals surface area contributed by atoms with Crippen molar-refractivity contribution in [1.29, 1.82) is 0 Å². The van der Waals surface area contributed by atoms with Crippen molar-refractivity contribution in [3.8, 4) is 0 Å². The largest absolute Gasteiger partial charge is 0.547 e. The summed E-state index contributed by atoms with van der Waals surface area (Å²) in [5.74, 6) is -1.65. The van der Waals surface area contributed by atoms with E-state index in [0.29, 0.717) is 12.8 Å². The lowest BCUT2D eigenvalue weighted by molar-refractivity contribution is -0.777. The van der Waals surface area contributed by atoms with Gasteiger partial charge >= 0.3 is 0 Å². The van der Waals surface area contributed by atoms with E-state index in [1.54, 1.807) is 30.4 Å². The number of hydrogen-bond acceptors (Lipinski definition) is 7. The quantitative estimate of drug-likeness (QED) is 0.494. The van der Waals surface area contributed by atoms with Gasteiger partial charge in [-0.1, -0.05) is 0 Å². The number of aliphatic carboxylic acids is 1.